The van der Waals surface area contributed by atoms with E-state index in [1.165, 1.54) is 62.3 Å². The van der Waals surface area contributed by atoms with Gasteiger partial charge >= 0.3 is 17.1 Å². The monoisotopic (exact) mass is 648 g/mol. The molecule has 0 saturated carbocycles. The normalized spacial score (nSPS) is 15.7. The van der Waals surface area contributed by atoms with Gasteiger partial charge in [0.25, 0.3) is 0 Å². The molecule has 0 bridgehead atoms. The highest BCUT2D eigenvalue weighted by Crippen LogP contribution is 2.36. The number of carbonyl (C=O) groups excluding carboxylic acids is 2. The predicted octanol–water partition coefficient (Wildman–Crippen LogP) is 4.86. The highest BCUT2D eigenvalue weighted by Gasteiger charge is 2.46. The maximum Gasteiger partial charge on any atom is 0.480 e. The topological polar surface area (TPSA) is 150 Å². The second kappa shape index (κ2) is 18.6. The van der Waals surface area contributed by atoms with Crippen LogP contribution in [0.4, 0.5) is 31.1 Å². The molecule has 0 aromatic heterocycles. The first-order chi connectivity index (χ1) is 18.9. The average Bonchev–Trinajstić information content (AvgIpc) is 2.84. The van der Waals surface area contributed by atoms with Crippen LogP contribution in [0.2, 0.25) is 0 Å². The SMILES string of the molecule is C[N+]1(CCCCCCOC(=O)NCCCCCCN=C=O)CCCCC1.O=S(=O)([N-]S(=O)(=O)C(F)(F)F)C(F)(F)F. The third kappa shape index (κ3) is 17.6. The summed E-state index contributed by atoms with van der Waals surface area (Å²) in [6, 6.07) is 0. The minimum absolute atomic E-state index is 0.304. The largest absolute Gasteiger partial charge is 0.480 e. The van der Waals surface area contributed by atoms with Gasteiger partial charge in [0.15, 0.2) is 20.0 Å². The molecule has 1 saturated heterocycles. The first-order valence-corrected chi connectivity index (χ1v) is 15.9. The van der Waals surface area contributed by atoms with Crippen molar-refractivity contribution in [2.24, 2.45) is 4.99 Å². The highest BCUT2D eigenvalue weighted by molar-refractivity contribution is 8.13. The number of rotatable bonds is 16. The molecule has 0 aromatic rings. The van der Waals surface area contributed by atoms with Crippen LogP contribution in [0, 0.1) is 0 Å². The van der Waals surface area contributed by atoms with E-state index in [4.69, 9.17) is 4.74 Å². The number of sulfonamides is 2. The molecule has 0 spiro atoms. The van der Waals surface area contributed by atoms with Crippen molar-refractivity contribution in [3.05, 3.63) is 4.13 Å². The first kappa shape index (κ1) is 39.0. The lowest BCUT2D eigenvalue weighted by molar-refractivity contribution is -0.914. The summed E-state index contributed by atoms with van der Waals surface area (Å²) in [4.78, 5) is 25.0. The third-order valence-corrected chi connectivity index (χ3v) is 8.77. The zero-order valence-corrected chi connectivity index (χ0v) is 24.4. The fourth-order valence-electron chi connectivity index (χ4n) is 3.78. The van der Waals surface area contributed by atoms with E-state index in [0.717, 1.165) is 42.7 Å². The lowest BCUT2D eigenvalue weighted by Crippen LogP contribution is -2.48. The number of hydrogen-bond donors (Lipinski definition) is 1. The second-order valence-corrected chi connectivity index (χ2v) is 13.1. The van der Waals surface area contributed by atoms with Gasteiger partial charge in [-0.3, -0.25) is 0 Å². The quantitative estimate of drug-likeness (QED) is 0.0826. The Kier molecular flexibility index (Phi) is 17.7. The fourth-order valence-corrected chi connectivity index (χ4v) is 5.49. The number of isocyanates is 1. The molecule has 11 nitrogen and oxygen atoms in total. The summed E-state index contributed by atoms with van der Waals surface area (Å²) >= 11 is 0. The van der Waals surface area contributed by atoms with Crippen molar-refractivity contribution in [3.63, 3.8) is 0 Å². The third-order valence-electron chi connectivity index (χ3n) is 6.03. The van der Waals surface area contributed by atoms with E-state index in [1.807, 2.05) is 0 Å². The van der Waals surface area contributed by atoms with Gasteiger partial charge in [0, 0.05) is 6.54 Å². The number of nitrogens with zero attached hydrogens (tertiary/aromatic N) is 3. The molecule has 0 aromatic carbocycles. The van der Waals surface area contributed by atoms with Gasteiger partial charge < -0.3 is 18.7 Å². The zero-order chi connectivity index (χ0) is 31.6. The second-order valence-electron chi connectivity index (χ2n) is 9.63. The minimum atomic E-state index is -6.72. The van der Waals surface area contributed by atoms with E-state index in [9.17, 15) is 52.8 Å². The summed E-state index contributed by atoms with van der Waals surface area (Å²) in [5.74, 6) is 0. The van der Waals surface area contributed by atoms with Crippen molar-refractivity contribution in [1.82, 2.24) is 5.32 Å². The molecule has 0 unspecified atom stereocenters. The van der Waals surface area contributed by atoms with Gasteiger partial charge in [-0.2, -0.15) is 26.3 Å². The number of aliphatic imine (C=N–C) groups is 1. The summed E-state index contributed by atoms with van der Waals surface area (Å²) in [5.41, 5.74) is -12.4. The lowest BCUT2D eigenvalue weighted by Gasteiger charge is -2.37. The number of ether oxygens (including phenoxy) is 1. The zero-order valence-electron chi connectivity index (χ0n) is 22.8. The number of halogens is 6. The molecule has 41 heavy (non-hydrogen) atoms. The van der Waals surface area contributed by atoms with Crippen LogP contribution in [0.1, 0.15) is 70.6 Å². The van der Waals surface area contributed by atoms with Gasteiger partial charge in [-0.15, -0.1) is 0 Å². The van der Waals surface area contributed by atoms with Gasteiger partial charge in [-0.05, 0) is 57.8 Å². The molecule has 1 N–H and O–H groups in total. The van der Waals surface area contributed by atoms with Gasteiger partial charge in [0.2, 0.25) is 6.08 Å². The number of quaternary nitrogens is 1. The molecule has 19 heteroatoms. The minimum Gasteiger partial charge on any atom is -0.450 e. The van der Waals surface area contributed by atoms with Gasteiger partial charge in [0.1, 0.15) is 0 Å². The van der Waals surface area contributed by atoms with Crippen molar-refractivity contribution in [1.29, 1.82) is 0 Å². The van der Waals surface area contributed by atoms with Crippen LogP contribution in [0.25, 0.3) is 4.13 Å². The summed E-state index contributed by atoms with van der Waals surface area (Å²) in [6.45, 7) is 5.69. The maximum atomic E-state index is 11.6. The first-order valence-electron chi connectivity index (χ1n) is 13.0. The molecule has 1 heterocycles. The summed E-state index contributed by atoms with van der Waals surface area (Å²) in [6.07, 6.45) is 13.9. The highest BCUT2D eigenvalue weighted by atomic mass is 32.3. The van der Waals surface area contributed by atoms with Crippen molar-refractivity contribution in [2.75, 3.05) is 46.4 Å². The smallest absolute Gasteiger partial charge is 0.450 e. The van der Waals surface area contributed by atoms with Crippen molar-refractivity contribution in [2.45, 2.75) is 81.6 Å². The van der Waals surface area contributed by atoms with Crippen molar-refractivity contribution < 1.29 is 62.0 Å². The standard InChI is InChI=1S/C20H37N3O3.C2F6NO4S2/c1-23(16-10-6-11-17-23)15-9-4-5-12-18-26-20(25)22-14-8-3-2-7-13-21-19-24;3-1(4,5)14(10,11)9-15(12,13)2(6,7)8/h2-18H2,1H3;/q;-1/p+1. The Balaban J connectivity index is 0.000000909. The van der Waals surface area contributed by atoms with Crippen LogP contribution in [0.5, 0.6) is 0 Å². The maximum absolute atomic E-state index is 11.6. The fraction of sp³-hybridized carbons (Fsp3) is 0.909. The van der Waals surface area contributed by atoms with E-state index in [-0.39, 0.29) is 6.09 Å². The molecule has 1 aliphatic heterocycles. The number of piperidine rings is 1. The summed E-state index contributed by atoms with van der Waals surface area (Å²) < 4.78 is 116. The Morgan fingerprint density at radius 1 is 0.854 bits per heavy atom. The number of unbranched alkanes of at least 4 members (excludes halogenated alkanes) is 6. The molecule has 242 valence electrons. The molecular weight excluding hydrogens is 610 g/mol. The number of alkyl halides is 6. The van der Waals surface area contributed by atoms with E-state index < -0.39 is 31.1 Å². The molecule has 1 fully saturated rings. The van der Waals surface area contributed by atoms with Gasteiger partial charge in [-0.25, -0.2) is 31.4 Å². The van der Waals surface area contributed by atoms with Crippen LogP contribution in [0.15, 0.2) is 4.99 Å². The van der Waals surface area contributed by atoms with Crippen LogP contribution in [0.3, 0.4) is 0 Å². The number of alkyl carbamates (subject to hydrolysis) is 1. The molecule has 0 radical (unpaired) electrons. The molecule has 0 aliphatic carbocycles. The Bertz CT molecular complexity index is 984. The van der Waals surface area contributed by atoms with E-state index in [2.05, 4.69) is 17.4 Å². The van der Waals surface area contributed by atoms with E-state index >= 15 is 0 Å². The number of likely N-dealkylation sites (tertiary alicyclic amines) is 1. The molecule has 1 rings (SSSR count). The summed E-state index contributed by atoms with van der Waals surface area (Å²) in [7, 11) is -11.0. The van der Waals surface area contributed by atoms with Crippen LogP contribution >= 0.6 is 0 Å². The number of hydrogen-bond acceptors (Lipinski definition) is 8. The molecule has 0 atom stereocenters. The number of carbonyl (C=O) groups is 1. The van der Waals surface area contributed by atoms with Crippen LogP contribution in [-0.4, -0.2) is 90.9 Å². The van der Waals surface area contributed by atoms with Crippen LogP contribution in [-0.2, 0) is 29.6 Å². The predicted molar refractivity (Wildman–Crippen MR) is 137 cm³/mol. The Labute approximate surface area is 236 Å². The molecule has 1 amide bonds. The lowest BCUT2D eigenvalue weighted by atomic mass is 10.1. The molecule has 1 aliphatic rings. The van der Waals surface area contributed by atoms with E-state index in [0.29, 0.717) is 19.7 Å². The van der Waals surface area contributed by atoms with Crippen molar-refractivity contribution >= 4 is 32.2 Å². The van der Waals surface area contributed by atoms with Crippen molar-refractivity contribution in [3.8, 4) is 0 Å². The number of nitrogens with one attached hydrogen (secondary N) is 1. The Morgan fingerprint density at radius 2 is 1.37 bits per heavy atom. The van der Waals surface area contributed by atoms with Gasteiger partial charge in [0.05, 0.1) is 39.8 Å². The Morgan fingerprint density at radius 3 is 1.90 bits per heavy atom. The average molecular weight is 649 g/mol. The van der Waals surface area contributed by atoms with E-state index in [1.54, 1.807) is 0 Å². The van der Waals surface area contributed by atoms with Gasteiger partial charge in [-0.1, -0.05) is 12.8 Å². The molecular formula is C22H38F6N4O7S2. The Hall–Kier alpha value is -1.95. The van der Waals surface area contributed by atoms with Crippen LogP contribution < -0.4 is 5.32 Å². The number of amides is 1. The summed E-state index contributed by atoms with van der Waals surface area (Å²) in [5, 5.41) is 2.79.